The standard InChI is InChI=1S/C10H14INS/c11-13-12-7-9-5-3-1-2-4-6-10(9)8-12/h1-2,5,10H,3-4,6-8H2/b2-1-,9-5-. The van der Waals surface area contributed by atoms with E-state index in [0.717, 1.165) is 12.3 Å². The number of allylic oxidation sites excluding steroid dienone is 3. The van der Waals surface area contributed by atoms with Crippen molar-refractivity contribution in [3.63, 3.8) is 0 Å². The lowest BCUT2D eigenvalue weighted by atomic mass is 9.94. The molecule has 0 aromatic carbocycles. The number of nitrogens with zero attached hydrogens (tertiary/aromatic N) is 1. The molecule has 1 atom stereocenters. The van der Waals surface area contributed by atoms with Gasteiger partial charge >= 0.3 is 0 Å². The summed E-state index contributed by atoms with van der Waals surface area (Å²) in [6.45, 7) is 2.44. The van der Waals surface area contributed by atoms with E-state index >= 15 is 0 Å². The first-order valence-corrected chi connectivity index (χ1v) is 8.09. The highest BCUT2D eigenvalue weighted by Gasteiger charge is 2.26. The molecule has 0 N–H and O–H groups in total. The third-order valence-corrected chi connectivity index (χ3v) is 4.91. The fourth-order valence-electron chi connectivity index (χ4n) is 2.05. The van der Waals surface area contributed by atoms with Crippen LogP contribution in [0.2, 0.25) is 0 Å². The summed E-state index contributed by atoms with van der Waals surface area (Å²) < 4.78 is 2.46. The topological polar surface area (TPSA) is 3.24 Å². The minimum Gasteiger partial charge on any atom is -0.237 e. The molecular formula is C10H14INS. The van der Waals surface area contributed by atoms with Gasteiger partial charge in [0.2, 0.25) is 0 Å². The number of fused-ring (bicyclic) bond motifs is 1. The summed E-state index contributed by atoms with van der Waals surface area (Å²) in [4.78, 5) is 0. The van der Waals surface area contributed by atoms with Gasteiger partial charge in [-0.2, -0.15) is 0 Å². The van der Waals surface area contributed by atoms with Crippen molar-refractivity contribution in [1.29, 1.82) is 0 Å². The predicted octanol–water partition coefficient (Wildman–Crippen LogP) is 3.58. The molecule has 0 spiro atoms. The predicted molar refractivity (Wildman–Crippen MR) is 67.7 cm³/mol. The van der Waals surface area contributed by atoms with Crippen LogP contribution < -0.4 is 0 Å². The van der Waals surface area contributed by atoms with Gasteiger partial charge < -0.3 is 0 Å². The fourth-order valence-corrected chi connectivity index (χ4v) is 3.39. The molecule has 2 aliphatic rings. The molecule has 0 bridgehead atoms. The van der Waals surface area contributed by atoms with Gasteiger partial charge in [0, 0.05) is 34.3 Å². The highest BCUT2D eigenvalue weighted by Crippen LogP contribution is 2.34. The lowest BCUT2D eigenvalue weighted by Crippen LogP contribution is -2.09. The van der Waals surface area contributed by atoms with Gasteiger partial charge in [-0.1, -0.05) is 23.8 Å². The molecule has 0 aromatic heterocycles. The van der Waals surface area contributed by atoms with Crippen LogP contribution in [-0.2, 0) is 0 Å². The summed E-state index contributed by atoms with van der Waals surface area (Å²) in [7, 11) is 1.85. The Hall–Kier alpha value is 0.520. The summed E-state index contributed by atoms with van der Waals surface area (Å²) in [5, 5.41) is 0. The summed E-state index contributed by atoms with van der Waals surface area (Å²) in [5.74, 6) is 0.840. The molecule has 0 aromatic rings. The van der Waals surface area contributed by atoms with Crippen molar-refractivity contribution in [3.8, 4) is 0 Å². The quantitative estimate of drug-likeness (QED) is 0.414. The van der Waals surface area contributed by atoms with Crippen LogP contribution in [0.3, 0.4) is 0 Å². The van der Waals surface area contributed by atoms with Crippen LogP contribution in [0.25, 0.3) is 0 Å². The number of halogens is 1. The number of hydrogen-bond acceptors (Lipinski definition) is 2. The average Bonchev–Trinajstić information content (AvgIpc) is 2.47. The second-order valence-corrected chi connectivity index (χ2v) is 5.49. The van der Waals surface area contributed by atoms with Gasteiger partial charge in [0.15, 0.2) is 0 Å². The van der Waals surface area contributed by atoms with Crippen molar-refractivity contribution in [2.75, 3.05) is 13.1 Å². The van der Waals surface area contributed by atoms with E-state index < -0.39 is 0 Å². The first kappa shape index (κ1) is 10.1. The molecule has 13 heavy (non-hydrogen) atoms. The minimum absolute atomic E-state index is 0.840. The van der Waals surface area contributed by atoms with E-state index in [-0.39, 0.29) is 0 Å². The molecule has 2 rings (SSSR count). The normalized spacial score (nSPS) is 35.8. The van der Waals surface area contributed by atoms with E-state index in [1.165, 1.54) is 25.9 Å². The summed E-state index contributed by atoms with van der Waals surface area (Å²) in [6, 6.07) is 0. The molecule has 1 saturated heterocycles. The van der Waals surface area contributed by atoms with Crippen LogP contribution in [-0.4, -0.2) is 17.4 Å². The third-order valence-electron chi connectivity index (χ3n) is 2.77. The smallest absolute Gasteiger partial charge is 0.0310 e. The molecule has 1 aliphatic heterocycles. The zero-order valence-corrected chi connectivity index (χ0v) is 10.6. The minimum atomic E-state index is 0.840. The van der Waals surface area contributed by atoms with E-state index in [4.69, 9.17) is 0 Å². The maximum Gasteiger partial charge on any atom is 0.0310 e. The van der Waals surface area contributed by atoms with E-state index in [1.54, 1.807) is 5.57 Å². The van der Waals surface area contributed by atoms with Gasteiger partial charge in [-0.15, -0.1) is 0 Å². The molecule has 1 nitrogen and oxygen atoms in total. The maximum absolute atomic E-state index is 2.46. The molecule has 1 fully saturated rings. The molecule has 1 heterocycles. The van der Waals surface area contributed by atoms with E-state index in [0.29, 0.717) is 0 Å². The van der Waals surface area contributed by atoms with Crippen LogP contribution in [0, 0.1) is 5.92 Å². The Bertz CT molecular complexity index is 237. The third kappa shape index (κ3) is 2.50. The van der Waals surface area contributed by atoms with Crippen molar-refractivity contribution in [3.05, 3.63) is 23.8 Å². The Morgan fingerprint density at radius 3 is 3.23 bits per heavy atom. The average molecular weight is 307 g/mol. The van der Waals surface area contributed by atoms with Gasteiger partial charge in [0.05, 0.1) is 0 Å². The largest absolute Gasteiger partial charge is 0.237 e. The molecule has 1 unspecified atom stereocenters. The van der Waals surface area contributed by atoms with Crippen LogP contribution in [0.5, 0.6) is 0 Å². The van der Waals surface area contributed by atoms with Gasteiger partial charge in [-0.25, -0.2) is 4.31 Å². The molecule has 72 valence electrons. The maximum atomic E-state index is 2.46. The summed E-state index contributed by atoms with van der Waals surface area (Å²) in [6.07, 6.45) is 10.8. The Kier molecular flexibility index (Phi) is 3.75. The fraction of sp³-hybridized carbons (Fsp3) is 0.600. The highest BCUT2D eigenvalue weighted by molar-refractivity contribution is 14.2. The lowest BCUT2D eigenvalue weighted by molar-refractivity contribution is 0.514. The number of hydrogen-bond donors (Lipinski definition) is 0. The first-order chi connectivity index (χ1) is 6.40. The Labute approximate surface area is 96.4 Å². The monoisotopic (exact) mass is 307 g/mol. The van der Waals surface area contributed by atoms with Gasteiger partial charge in [-0.05, 0) is 34.3 Å². The van der Waals surface area contributed by atoms with Crippen LogP contribution in [0.4, 0.5) is 0 Å². The zero-order valence-electron chi connectivity index (χ0n) is 7.58. The molecule has 3 heteroatoms. The molecule has 0 amide bonds. The second kappa shape index (κ2) is 4.84. The zero-order chi connectivity index (χ0) is 9.10. The highest BCUT2D eigenvalue weighted by atomic mass is 127. The molecule has 0 radical (unpaired) electrons. The van der Waals surface area contributed by atoms with Crippen molar-refractivity contribution in [1.82, 2.24) is 4.31 Å². The Morgan fingerprint density at radius 1 is 1.46 bits per heavy atom. The molecule has 0 saturated carbocycles. The molecule has 1 aliphatic carbocycles. The molecular weight excluding hydrogens is 293 g/mol. The lowest BCUT2D eigenvalue weighted by Gasteiger charge is -2.11. The first-order valence-electron chi connectivity index (χ1n) is 4.77. The van der Waals surface area contributed by atoms with E-state index in [9.17, 15) is 0 Å². The van der Waals surface area contributed by atoms with Gasteiger partial charge in [-0.3, -0.25) is 0 Å². The van der Waals surface area contributed by atoms with Crippen LogP contribution >= 0.6 is 30.3 Å². The Morgan fingerprint density at radius 2 is 2.38 bits per heavy atom. The van der Waals surface area contributed by atoms with Crippen LogP contribution in [0.15, 0.2) is 23.8 Å². The van der Waals surface area contributed by atoms with Crippen LogP contribution in [0.1, 0.15) is 19.3 Å². The van der Waals surface area contributed by atoms with E-state index in [2.05, 4.69) is 43.7 Å². The Balaban J connectivity index is 2.05. The van der Waals surface area contributed by atoms with Crippen molar-refractivity contribution in [2.45, 2.75) is 19.3 Å². The SMILES string of the molecule is ISN1C/C2=C/C/C=C\CCC2C1. The van der Waals surface area contributed by atoms with Crippen molar-refractivity contribution < 1.29 is 0 Å². The van der Waals surface area contributed by atoms with E-state index in [1.807, 2.05) is 9.12 Å². The van der Waals surface area contributed by atoms with Crippen molar-refractivity contribution >= 4 is 30.3 Å². The summed E-state index contributed by atoms with van der Waals surface area (Å²) >= 11 is 2.38. The van der Waals surface area contributed by atoms with Crippen molar-refractivity contribution in [2.24, 2.45) is 5.92 Å². The van der Waals surface area contributed by atoms with Gasteiger partial charge in [0.25, 0.3) is 0 Å². The summed E-state index contributed by atoms with van der Waals surface area (Å²) in [5.41, 5.74) is 1.67. The number of rotatable bonds is 1. The van der Waals surface area contributed by atoms with Gasteiger partial charge in [0.1, 0.15) is 0 Å². The second-order valence-electron chi connectivity index (χ2n) is 3.65.